The first-order valence-electron chi connectivity index (χ1n) is 8.92. The Kier molecular flexibility index (Phi) is 6.32. The highest BCUT2D eigenvalue weighted by Crippen LogP contribution is 2.33. The van der Waals surface area contributed by atoms with Gasteiger partial charge in [0.2, 0.25) is 0 Å². The van der Waals surface area contributed by atoms with E-state index in [0.29, 0.717) is 11.3 Å². The molecule has 0 saturated heterocycles. The van der Waals surface area contributed by atoms with Crippen molar-refractivity contribution in [2.75, 3.05) is 5.32 Å². The number of nitrogens with zero attached hydrogens (tertiary/aromatic N) is 3. The molecule has 2 aromatic carbocycles. The lowest BCUT2D eigenvalue weighted by atomic mass is 10.1. The average molecular weight is 453 g/mol. The lowest BCUT2D eigenvalue weighted by molar-refractivity contribution is -0.384. The maximum absolute atomic E-state index is 12.5. The summed E-state index contributed by atoms with van der Waals surface area (Å²) in [6.07, 6.45) is 1.18. The van der Waals surface area contributed by atoms with Crippen LogP contribution in [-0.4, -0.2) is 15.8 Å². The van der Waals surface area contributed by atoms with Gasteiger partial charge < -0.3 is 9.73 Å². The van der Waals surface area contributed by atoms with Gasteiger partial charge in [0.25, 0.3) is 17.3 Å². The minimum atomic E-state index is -0.750. The topological polar surface area (TPSA) is 152 Å². The Balaban J connectivity index is 1.86. The molecule has 3 aromatic rings. The number of nitro benzene ring substituents is 2. The Labute approximate surface area is 185 Å². The quantitative estimate of drug-likeness (QED) is 0.231. The number of furan rings is 1. The number of non-ortho nitro benzene ring substituents is 1. The first-order chi connectivity index (χ1) is 15.2. The second-order valence-corrected chi connectivity index (χ2v) is 6.94. The van der Waals surface area contributed by atoms with Crippen LogP contribution in [0.25, 0.3) is 17.4 Å². The monoisotopic (exact) mass is 452 g/mol. The second-order valence-electron chi connectivity index (χ2n) is 6.50. The summed E-state index contributed by atoms with van der Waals surface area (Å²) >= 11 is 5.82. The molecular formula is C21H13ClN4O6. The third-order valence-electron chi connectivity index (χ3n) is 4.37. The molecule has 1 heterocycles. The molecule has 1 aromatic heterocycles. The number of rotatable bonds is 6. The lowest BCUT2D eigenvalue weighted by Gasteiger charge is -2.07. The summed E-state index contributed by atoms with van der Waals surface area (Å²) < 4.78 is 5.57. The number of hydrogen-bond donors (Lipinski definition) is 1. The number of anilines is 1. The molecule has 11 heteroatoms. The average Bonchev–Trinajstić information content (AvgIpc) is 3.21. The molecule has 3 rings (SSSR count). The van der Waals surface area contributed by atoms with E-state index in [1.54, 1.807) is 13.0 Å². The van der Waals surface area contributed by atoms with Gasteiger partial charge in [-0.3, -0.25) is 25.0 Å². The van der Waals surface area contributed by atoms with Crippen molar-refractivity contribution in [3.05, 3.63) is 90.7 Å². The van der Waals surface area contributed by atoms with Crippen molar-refractivity contribution < 1.29 is 19.1 Å². The van der Waals surface area contributed by atoms with Crippen molar-refractivity contribution in [3.8, 4) is 17.4 Å². The molecule has 1 N–H and O–H groups in total. The highest BCUT2D eigenvalue weighted by molar-refractivity contribution is 6.30. The molecule has 0 spiro atoms. The SMILES string of the molecule is Cc1cc([N+](=O)[O-])ccc1NC(=O)/C(C#N)=C/c1ccc(-c2ccc(Cl)cc2[N+](=O)[O-])o1. The van der Waals surface area contributed by atoms with Crippen molar-refractivity contribution in [1.82, 2.24) is 0 Å². The first kappa shape index (κ1) is 22.2. The van der Waals surface area contributed by atoms with Crippen LogP contribution in [0.15, 0.2) is 58.5 Å². The number of amides is 1. The van der Waals surface area contributed by atoms with Crippen molar-refractivity contribution >= 4 is 40.6 Å². The van der Waals surface area contributed by atoms with E-state index in [0.717, 1.165) is 0 Å². The van der Waals surface area contributed by atoms with Crippen molar-refractivity contribution in [3.63, 3.8) is 0 Å². The molecule has 0 fully saturated rings. The summed E-state index contributed by atoms with van der Waals surface area (Å²) in [7, 11) is 0. The molecule has 0 aliphatic heterocycles. The number of benzene rings is 2. The number of aryl methyl sites for hydroxylation is 1. The smallest absolute Gasteiger partial charge is 0.281 e. The number of carbonyl (C=O) groups excluding carboxylic acids is 1. The number of nitrogens with one attached hydrogen (secondary N) is 1. The lowest BCUT2D eigenvalue weighted by Crippen LogP contribution is -2.14. The summed E-state index contributed by atoms with van der Waals surface area (Å²) in [4.78, 5) is 33.5. The third-order valence-corrected chi connectivity index (χ3v) is 4.60. The van der Waals surface area contributed by atoms with Crippen LogP contribution in [0.1, 0.15) is 11.3 Å². The summed E-state index contributed by atoms with van der Waals surface area (Å²) in [5.41, 5.74) is 0.252. The number of halogens is 1. The zero-order valence-corrected chi connectivity index (χ0v) is 17.1. The van der Waals surface area contributed by atoms with Crippen LogP contribution >= 0.6 is 11.6 Å². The Bertz CT molecular complexity index is 1320. The maximum atomic E-state index is 12.5. The minimum absolute atomic E-state index is 0.122. The van der Waals surface area contributed by atoms with Gasteiger partial charge in [0, 0.05) is 35.0 Å². The van der Waals surface area contributed by atoms with Crippen LogP contribution in [-0.2, 0) is 4.79 Å². The molecule has 0 unspecified atom stereocenters. The summed E-state index contributed by atoms with van der Waals surface area (Å²) in [5, 5.41) is 34.2. The van der Waals surface area contributed by atoms with Gasteiger partial charge in [-0.2, -0.15) is 5.26 Å². The van der Waals surface area contributed by atoms with Gasteiger partial charge in [0.1, 0.15) is 23.2 Å². The van der Waals surface area contributed by atoms with Gasteiger partial charge in [-0.15, -0.1) is 0 Å². The molecular weight excluding hydrogens is 440 g/mol. The van der Waals surface area contributed by atoms with Gasteiger partial charge >= 0.3 is 0 Å². The van der Waals surface area contributed by atoms with E-state index in [1.165, 1.54) is 54.6 Å². The molecule has 0 radical (unpaired) electrons. The molecule has 160 valence electrons. The summed E-state index contributed by atoms with van der Waals surface area (Å²) in [5.74, 6) is -0.472. The standard InChI is InChI=1S/C21H13ClN4O6/c1-12-8-15(25(28)29)3-6-18(12)24-21(27)13(11-23)9-16-4-7-20(32-16)17-5-2-14(22)10-19(17)26(30)31/h2-10H,1H3,(H,24,27)/b13-9+. The molecule has 32 heavy (non-hydrogen) atoms. The molecule has 0 bridgehead atoms. The Hall–Kier alpha value is -4.49. The molecule has 0 aliphatic carbocycles. The van der Waals surface area contributed by atoms with E-state index >= 15 is 0 Å². The van der Waals surface area contributed by atoms with Crippen LogP contribution in [0, 0.1) is 38.5 Å². The van der Waals surface area contributed by atoms with Crippen molar-refractivity contribution in [2.24, 2.45) is 0 Å². The van der Waals surface area contributed by atoms with E-state index in [4.69, 9.17) is 16.0 Å². The van der Waals surface area contributed by atoms with Crippen molar-refractivity contribution in [1.29, 1.82) is 5.26 Å². The molecule has 0 aliphatic rings. The fraction of sp³-hybridized carbons (Fsp3) is 0.0476. The second kappa shape index (κ2) is 9.11. The normalized spacial score (nSPS) is 11.0. The van der Waals surface area contributed by atoms with Gasteiger partial charge in [-0.25, -0.2) is 0 Å². The predicted octanol–water partition coefficient (Wildman–Crippen LogP) is 5.27. The van der Waals surface area contributed by atoms with Crippen LogP contribution in [0.2, 0.25) is 5.02 Å². The van der Waals surface area contributed by atoms with E-state index in [-0.39, 0.29) is 39.1 Å². The Morgan fingerprint density at radius 1 is 1.12 bits per heavy atom. The fourth-order valence-corrected chi connectivity index (χ4v) is 2.99. The van der Waals surface area contributed by atoms with E-state index in [9.17, 15) is 30.3 Å². The fourth-order valence-electron chi connectivity index (χ4n) is 2.82. The predicted molar refractivity (Wildman–Crippen MR) is 116 cm³/mol. The van der Waals surface area contributed by atoms with Crippen LogP contribution in [0.3, 0.4) is 0 Å². The zero-order chi connectivity index (χ0) is 23.4. The number of carbonyl (C=O) groups is 1. The Morgan fingerprint density at radius 3 is 2.50 bits per heavy atom. The van der Waals surface area contributed by atoms with Gasteiger partial charge in [0.05, 0.1) is 15.4 Å². The molecule has 0 saturated carbocycles. The zero-order valence-electron chi connectivity index (χ0n) is 16.4. The van der Waals surface area contributed by atoms with Crippen molar-refractivity contribution in [2.45, 2.75) is 6.92 Å². The van der Waals surface area contributed by atoms with Gasteiger partial charge in [0.15, 0.2) is 0 Å². The van der Waals surface area contributed by atoms with E-state index < -0.39 is 15.8 Å². The van der Waals surface area contributed by atoms with Crippen LogP contribution in [0.5, 0.6) is 0 Å². The largest absolute Gasteiger partial charge is 0.456 e. The highest BCUT2D eigenvalue weighted by atomic mass is 35.5. The number of nitro groups is 2. The maximum Gasteiger partial charge on any atom is 0.281 e. The van der Waals surface area contributed by atoms with Crippen LogP contribution < -0.4 is 5.32 Å². The Morgan fingerprint density at radius 2 is 1.88 bits per heavy atom. The van der Waals surface area contributed by atoms with E-state index in [2.05, 4.69) is 5.32 Å². The third kappa shape index (κ3) is 4.80. The van der Waals surface area contributed by atoms with E-state index in [1.807, 2.05) is 0 Å². The summed E-state index contributed by atoms with van der Waals surface area (Å²) in [6.45, 7) is 1.58. The molecule has 10 nitrogen and oxygen atoms in total. The summed E-state index contributed by atoms with van der Waals surface area (Å²) in [6, 6.07) is 12.7. The van der Waals surface area contributed by atoms with Gasteiger partial charge in [-0.05, 0) is 42.8 Å². The van der Waals surface area contributed by atoms with Crippen LogP contribution in [0.4, 0.5) is 17.1 Å². The van der Waals surface area contributed by atoms with Gasteiger partial charge in [-0.1, -0.05) is 11.6 Å². The molecule has 0 atom stereocenters. The minimum Gasteiger partial charge on any atom is -0.456 e. The number of hydrogen-bond acceptors (Lipinski definition) is 7. The number of nitriles is 1. The molecule has 1 amide bonds. The first-order valence-corrected chi connectivity index (χ1v) is 9.29. The highest BCUT2D eigenvalue weighted by Gasteiger charge is 2.19.